The highest BCUT2D eigenvalue weighted by atomic mass is 16.5. The molecule has 2 fully saturated rings. The molecular formula is C23H33NO3. The van der Waals surface area contributed by atoms with Crippen LogP contribution in [-0.4, -0.2) is 23.0 Å². The van der Waals surface area contributed by atoms with Gasteiger partial charge < -0.3 is 9.94 Å². The van der Waals surface area contributed by atoms with Gasteiger partial charge in [0.2, 0.25) is 0 Å². The van der Waals surface area contributed by atoms with E-state index in [-0.39, 0.29) is 22.9 Å². The molecule has 27 heavy (non-hydrogen) atoms. The minimum atomic E-state index is -0.156. The van der Waals surface area contributed by atoms with E-state index in [1.54, 1.807) is 0 Å². The first-order chi connectivity index (χ1) is 12.8. The first-order valence-electron chi connectivity index (χ1n) is 10.6. The molecule has 0 aliphatic heterocycles. The number of hydrogen-bond acceptors (Lipinski definition) is 4. The number of ether oxygens (including phenoxy) is 1. The molecule has 0 heterocycles. The lowest BCUT2D eigenvalue weighted by Gasteiger charge is -2.57. The molecule has 4 aliphatic carbocycles. The molecule has 0 aromatic rings. The summed E-state index contributed by atoms with van der Waals surface area (Å²) in [7, 11) is 0. The molecule has 4 nitrogen and oxygen atoms in total. The van der Waals surface area contributed by atoms with Gasteiger partial charge in [-0.2, -0.15) is 0 Å². The van der Waals surface area contributed by atoms with Crippen molar-refractivity contribution in [3.63, 3.8) is 0 Å². The van der Waals surface area contributed by atoms with Crippen LogP contribution in [0.1, 0.15) is 72.6 Å². The minimum absolute atomic E-state index is 0.0652. The van der Waals surface area contributed by atoms with Crippen molar-refractivity contribution in [3.05, 3.63) is 23.3 Å². The molecule has 0 unspecified atom stereocenters. The lowest BCUT2D eigenvalue weighted by atomic mass is 9.47. The van der Waals surface area contributed by atoms with Gasteiger partial charge in [0.15, 0.2) is 0 Å². The summed E-state index contributed by atoms with van der Waals surface area (Å²) < 4.78 is 5.53. The molecular weight excluding hydrogens is 338 g/mol. The summed E-state index contributed by atoms with van der Waals surface area (Å²) in [4.78, 5) is 11.4. The summed E-state index contributed by atoms with van der Waals surface area (Å²) in [5.74, 6) is 1.90. The maximum atomic E-state index is 11.4. The third-order valence-corrected chi connectivity index (χ3v) is 8.51. The lowest BCUT2D eigenvalue weighted by Crippen LogP contribution is -2.50. The van der Waals surface area contributed by atoms with Crippen LogP contribution in [0.15, 0.2) is 28.5 Å². The van der Waals surface area contributed by atoms with Crippen LogP contribution in [0.2, 0.25) is 0 Å². The molecule has 0 amide bonds. The molecule has 0 saturated heterocycles. The van der Waals surface area contributed by atoms with E-state index in [0.29, 0.717) is 17.8 Å². The van der Waals surface area contributed by atoms with Crippen molar-refractivity contribution in [2.24, 2.45) is 33.7 Å². The number of carbonyl (C=O) groups is 1. The lowest BCUT2D eigenvalue weighted by molar-refractivity contribution is -0.148. The highest BCUT2D eigenvalue weighted by Crippen LogP contribution is 2.65. The number of carbonyl (C=O) groups excluding carboxylic acids is 1. The zero-order valence-electron chi connectivity index (χ0n) is 17.1. The maximum Gasteiger partial charge on any atom is 0.302 e. The zero-order chi connectivity index (χ0) is 19.4. The van der Waals surface area contributed by atoms with Crippen LogP contribution in [0.5, 0.6) is 0 Å². The van der Waals surface area contributed by atoms with Crippen molar-refractivity contribution in [2.75, 3.05) is 0 Å². The van der Waals surface area contributed by atoms with E-state index < -0.39 is 0 Å². The van der Waals surface area contributed by atoms with Gasteiger partial charge in [0, 0.05) is 13.3 Å². The number of rotatable bonds is 2. The second-order valence-corrected chi connectivity index (χ2v) is 9.73. The van der Waals surface area contributed by atoms with Crippen LogP contribution in [-0.2, 0) is 9.53 Å². The number of nitrogens with zero attached hydrogens (tertiary/aromatic N) is 1. The highest BCUT2D eigenvalue weighted by molar-refractivity contribution is 5.99. The van der Waals surface area contributed by atoms with Crippen LogP contribution in [0.25, 0.3) is 0 Å². The molecule has 0 aromatic heterocycles. The Bertz CT molecular complexity index is 736. The molecule has 0 aromatic carbocycles. The van der Waals surface area contributed by atoms with Crippen molar-refractivity contribution in [1.29, 1.82) is 0 Å². The molecule has 148 valence electrons. The Morgan fingerprint density at radius 1 is 1.11 bits per heavy atom. The molecule has 6 atom stereocenters. The van der Waals surface area contributed by atoms with E-state index in [0.717, 1.165) is 37.8 Å². The predicted octanol–water partition coefficient (Wildman–Crippen LogP) is 5.27. The largest absolute Gasteiger partial charge is 0.462 e. The number of fused-ring (bicyclic) bond motifs is 5. The third kappa shape index (κ3) is 2.78. The van der Waals surface area contributed by atoms with Gasteiger partial charge in [-0.3, -0.25) is 4.79 Å². The average molecular weight is 372 g/mol. The average Bonchev–Trinajstić information content (AvgIpc) is 2.98. The summed E-state index contributed by atoms with van der Waals surface area (Å²) in [6.07, 6.45) is 12.6. The van der Waals surface area contributed by atoms with Crippen molar-refractivity contribution >= 4 is 11.7 Å². The zero-order valence-corrected chi connectivity index (χ0v) is 17.1. The Labute approximate surface area is 162 Å². The topological polar surface area (TPSA) is 58.9 Å². The fraction of sp³-hybridized carbons (Fsp3) is 0.739. The van der Waals surface area contributed by atoms with Gasteiger partial charge in [-0.25, -0.2) is 0 Å². The van der Waals surface area contributed by atoms with Gasteiger partial charge in [-0.05, 0) is 79.6 Å². The van der Waals surface area contributed by atoms with Crippen molar-refractivity contribution in [3.8, 4) is 0 Å². The van der Waals surface area contributed by atoms with Crippen molar-refractivity contribution < 1.29 is 14.7 Å². The van der Waals surface area contributed by atoms with E-state index in [2.05, 4.69) is 31.2 Å². The Morgan fingerprint density at radius 3 is 2.56 bits per heavy atom. The summed E-state index contributed by atoms with van der Waals surface area (Å²) in [5, 5.41) is 12.8. The number of allylic oxidation sites excluding steroid dienone is 3. The molecule has 0 bridgehead atoms. The number of oxime groups is 1. The molecule has 4 rings (SSSR count). The standard InChI is InChI=1S/C23H33NO3/c1-14(24-26)19-7-8-20-18-6-5-16-13-17(27-15(2)25)9-11-22(16,3)21(18)10-12-23(19,20)4/h5,7,17-18,20-21,26H,6,8-13H2,1-4H3/b24-14-/t17-,18-,20-,21-,22-,23+/m1/s1. The third-order valence-electron chi connectivity index (χ3n) is 8.51. The fourth-order valence-electron chi connectivity index (χ4n) is 7.14. The van der Waals surface area contributed by atoms with Crippen LogP contribution < -0.4 is 0 Å². The second-order valence-electron chi connectivity index (χ2n) is 9.73. The molecule has 0 spiro atoms. The normalized spacial score (nSPS) is 43.8. The first kappa shape index (κ1) is 18.8. The van der Waals surface area contributed by atoms with Gasteiger partial charge in [0.05, 0.1) is 5.71 Å². The number of esters is 1. The Kier molecular flexibility index (Phi) is 4.51. The maximum absolute atomic E-state index is 11.4. The summed E-state index contributed by atoms with van der Waals surface area (Å²) in [5.41, 5.74) is 3.99. The van der Waals surface area contributed by atoms with Crippen LogP contribution >= 0.6 is 0 Å². The van der Waals surface area contributed by atoms with Crippen LogP contribution in [0.3, 0.4) is 0 Å². The highest BCUT2D eigenvalue weighted by Gasteiger charge is 2.57. The van der Waals surface area contributed by atoms with Crippen LogP contribution in [0.4, 0.5) is 0 Å². The Hall–Kier alpha value is -1.58. The Morgan fingerprint density at radius 2 is 1.85 bits per heavy atom. The smallest absolute Gasteiger partial charge is 0.302 e. The van der Waals surface area contributed by atoms with Crippen molar-refractivity contribution in [2.45, 2.75) is 78.7 Å². The van der Waals surface area contributed by atoms with E-state index in [9.17, 15) is 10.0 Å². The summed E-state index contributed by atoms with van der Waals surface area (Å²) >= 11 is 0. The monoisotopic (exact) mass is 371 g/mol. The molecule has 2 saturated carbocycles. The van der Waals surface area contributed by atoms with Gasteiger partial charge in [0.1, 0.15) is 6.10 Å². The van der Waals surface area contributed by atoms with E-state index in [1.165, 1.54) is 30.9 Å². The SMILES string of the molecule is CC(=O)O[C@@H]1CC[C@]2(C)C(=CC[C@@H]3[C@H]4CC=C(/C(C)=N\O)[C@]4(C)CC[C@H]32)C1. The summed E-state index contributed by atoms with van der Waals surface area (Å²) in [6.45, 7) is 8.30. The molecule has 0 radical (unpaired) electrons. The summed E-state index contributed by atoms with van der Waals surface area (Å²) in [6, 6.07) is 0. The van der Waals surface area contributed by atoms with E-state index in [1.807, 2.05) is 6.92 Å². The minimum Gasteiger partial charge on any atom is -0.462 e. The predicted molar refractivity (Wildman–Crippen MR) is 106 cm³/mol. The van der Waals surface area contributed by atoms with Crippen LogP contribution in [0, 0.1) is 28.6 Å². The van der Waals surface area contributed by atoms with Crippen molar-refractivity contribution in [1.82, 2.24) is 0 Å². The van der Waals surface area contributed by atoms with E-state index in [4.69, 9.17) is 4.74 Å². The molecule has 4 aliphatic rings. The number of hydrogen-bond donors (Lipinski definition) is 1. The quantitative estimate of drug-likeness (QED) is 0.237. The van der Waals surface area contributed by atoms with E-state index >= 15 is 0 Å². The first-order valence-corrected chi connectivity index (χ1v) is 10.6. The Balaban J connectivity index is 1.59. The molecule has 4 heteroatoms. The van der Waals surface area contributed by atoms with Gasteiger partial charge >= 0.3 is 5.97 Å². The molecule has 1 N–H and O–H groups in total. The fourth-order valence-corrected chi connectivity index (χ4v) is 7.14. The van der Waals surface area contributed by atoms with Gasteiger partial charge in [-0.1, -0.05) is 36.7 Å². The van der Waals surface area contributed by atoms with Gasteiger partial charge in [-0.15, -0.1) is 0 Å². The second kappa shape index (κ2) is 6.49. The van der Waals surface area contributed by atoms with Gasteiger partial charge in [0.25, 0.3) is 0 Å².